The second-order valence-electron chi connectivity index (χ2n) is 1.79. The Labute approximate surface area is 109 Å². The molecule has 3 nitrogen and oxygen atoms in total. The lowest BCUT2D eigenvalue weighted by molar-refractivity contribution is 0.399. The molecule has 0 aliphatic carbocycles. The van der Waals surface area contributed by atoms with Crippen LogP contribution in [-0.2, 0) is 0 Å². The molecule has 3 N–H and O–H groups in total. The van der Waals surface area contributed by atoms with Gasteiger partial charge in [-0.1, -0.05) is 13.8 Å². The first-order chi connectivity index (χ1) is 7.56. The number of thiol groups is 1. The lowest BCUT2D eigenvalue weighted by Gasteiger charge is -1.63. The van der Waals surface area contributed by atoms with Gasteiger partial charge in [0.15, 0.2) is 0 Å². The predicted molar refractivity (Wildman–Crippen MR) is 83.0 cm³/mol. The van der Waals surface area contributed by atoms with Crippen LogP contribution in [0.4, 0.5) is 0 Å². The summed E-state index contributed by atoms with van der Waals surface area (Å²) in [7, 11) is 4.75. The van der Waals surface area contributed by atoms with E-state index in [4.69, 9.17) is 10.5 Å². The average Bonchev–Trinajstić information content (AvgIpc) is 2.27. The zero-order valence-electron chi connectivity index (χ0n) is 12.5. The van der Waals surface area contributed by atoms with E-state index in [1.54, 1.807) is 27.0 Å². The van der Waals surface area contributed by atoms with Gasteiger partial charge in [0.2, 0.25) is 0 Å². The summed E-state index contributed by atoms with van der Waals surface area (Å²) in [6.07, 6.45) is 6.29. The molecule has 4 heteroatoms. The molecule has 0 rings (SSSR count). The number of hydrogen-bond donors (Lipinski definition) is 4. The van der Waals surface area contributed by atoms with Crippen molar-refractivity contribution < 1.29 is 5.11 Å². The molecule has 0 aromatic carbocycles. The van der Waals surface area contributed by atoms with Gasteiger partial charge in [-0.2, -0.15) is 12.6 Å². The molecule has 16 heavy (non-hydrogen) atoms. The van der Waals surface area contributed by atoms with Gasteiger partial charge in [-0.15, -0.1) is 12.3 Å². The summed E-state index contributed by atoms with van der Waals surface area (Å²) in [6, 6.07) is 0. The van der Waals surface area contributed by atoms with Crippen LogP contribution >= 0.6 is 12.6 Å². The van der Waals surface area contributed by atoms with E-state index in [0.29, 0.717) is 5.71 Å². The minimum absolute atomic E-state index is 0.667. The monoisotopic (exact) mass is 252 g/mol. The summed E-state index contributed by atoms with van der Waals surface area (Å²) in [5.41, 5.74) is 0.667. The summed E-state index contributed by atoms with van der Waals surface area (Å²) in [5.74, 6) is 2.25. The third-order valence-corrected chi connectivity index (χ3v) is 0. The Kier molecular flexibility index (Phi) is 295. The van der Waals surface area contributed by atoms with Gasteiger partial charge in [-0.05, 0) is 41.1 Å². The fraction of sp³-hybridized carbons (Fsp3) is 0.750. The minimum atomic E-state index is 0.667. The van der Waals surface area contributed by atoms with Gasteiger partial charge < -0.3 is 15.8 Å². The van der Waals surface area contributed by atoms with Gasteiger partial charge >= 0.3 is 0 Å². The number of aliphatic hydroxyl groups excluding tert-OH is 1. The van der Waals surface area contributed by atoms with Crippen LogP contribution in [0.25, 0.3) is 0 Å². The van der Waals surface area contributed by atoms with Gasteiger partial charge in [-0.25, -0.2) is 0 Å². The highest BCUT2D eigenvalue weighted by Crippen LogP contribution is 1.52. The van der Waals surface area contributed by atoms with Crippen LogP contribution in [0.2, 0.25) is 0 Å². The van der Waals surface area contributed by atoms with Crippen molar-refractivity contribution in [1.29, 1.82) is 5.41 Å². The van der Waals surface area contributed by atoms with Gasteiger partial charge in [0.05, 0.1) is 0 Å². The first-order valence-corrected chi connectivity index (χ1v) is 5.83. The van der Waals surface area contributed by atoms with Crippen molar-refractivity contribution in [1.82, 2.24) is 5.32 Å². The molecule has 0 aliphatic rings. The highest BCUT2D eigenvalue weighted by Gasteiger charge is 1.55. The van der Waals surface area contributed by atoms with Crippen LogP contribution in [-0.4, -0.2) is 38.3 Å². The highest BCUT2D eigenvalue weighted by atomic mass is 32.1. The molecule has 0 aromatic rings. The van der Waals surface area contributed by atoms with E-state index in [9.17, 15) is 0 Å². The van der Waals surface area contributed by atoms with E-state index >= 15 is 0 Å². The number of terminal acetylenes is 1. The Morgan fingerprint density at radius 1 is 1.19 bits per heavy atom. The maximum Gasteiger partial charge on any atom is 0.0319 e. The summed E-state index contributed by atoms with van der Waals surface area (Å²) >= 11 is 3.53. The third-order valence-electron chi connectivity index (χ3n) is 0. The summed E-state index contributed by atoms with van der Waals surface area (Å²) in [5, 5.41) is 16.2. The maximum atomic E-state index is 7.00. The SMILES string of the molecule is C#CC.CC.CC(C)=N.CNC.CO.CS. The standard InChI is InChI=1S/C3H7N.C3H4.C2H7N.C2H6.CH4O.CH4S/c1-3(2)4;2*1-3-2;3*1-2/h4H,1-2H3;1H,2H3;3H,1-2H3;1-2H3;2*2H,1H3. The number of aliphatic hydroxyl groups is 1. The molecule has 0 aliphatic heterocycles. The van der Waals surface area contributed by atoms with E-state index < -0.39 is 0 Å². The number of nitrogens with one attached hydrogen (secondary N) is 2. The fourth-order valence-corrected chi connectivity index (χ4v) is 0. The van der Waals surface area contributed by atoms with Crippen LogP contribution < -0.4 is 5.32 Å². The van der Waals surface area contributed by atoms with E-state index in [1.165, 1.54) is 0 Å². The van der Waals surface area contributed by atoms with Crippen molar-refractivity contribution in [3.63, 3.8) is 0 Å². The van der Waals surface area contributed by atoms with Crippen molar-refractivity contribution >= 4 is 18.3 Å². The molecule has 102 valence electrons. The van der Waals surface area contributed by atoms with E-state index in [0.717, 1.165) is 7.11 Å². The second-order valence-corrected chi connectivity index (χ2v) is 1.79. The quantitative estimate of drug-likeness (QED) is 0.304. The van der Waals surface area contributed by atoms with Gasteiger partial charge in [0.25, 0.3) is 0 Å². The maximum absolute atomic E-state index is 7.00. The molecule has 0 aromatic heterocycles. The third kappa shape index (κ3) is 8440. The molecule has 0 spiro atoms. The Morgan fingerprint density at radius 2 is 1.19 bits per heavy atom. The van der Waals surface area contributed by atoms with Gasteiger partial charge in [0.1, 0.15) is 0 Å². The topological polar surface area (TPSA) is 56.1 Å². The Bertz CT molecular complexity index is 97.7. The molecule has 0 radical (unpaired) electrons. The predicted octanol–water partition coefficient (Wildman–Crippen LogP) is 2.70. The summed E-state index contributed by atoms with van der Waals surface area (Å²) < 4.78 is 0. The zero-order chi connectivity index (χ0) is 15.0. The molecular formula is C12H32N2OS. The van der Waals surface area contributed by atoms with E-state index in [1.807, 2.05) is 27.9 Å². The van der Waals surface area contributed by atoms with Crippen molar-refractivity contribution in [2.45, 2.75) is 34.6 Å². The van der Waals surface area contributed by atoms with Crippen molar-refractivity contribution in [3.05, 3.63) is 0 Å². The Hall–Kier alpha value is -0.500. The molecule has 0 unspecified atom stereocenters. The Balaban J connectivity index is -0.0000000193. The van der Waals surface area contributed by atoms with Crippen LogP contribution in [0.15, 0.2) is 0 Å². The first kappa shape index (κ1) is 36.1. The summed E-state index contributed by atoms with van der Waals surface area (Å²) in [4.78, 5) is 0. The van der Waals surface area contributed by atoms with Crippen LogP contribution in [0.1, 0.15) is 34.6 Å². The lowest BCUT2D eigenvalue weighted by Crippen LogP contribution is -1.89. The molecule has 0 heterocycles. The van der Waals surface area contributed by atoms with Gasteiger partial charge in [0, 0.05) is 12.8 Å². The van der Waals surface area contributed by atoms with Crippen LogP contribution in [0, 0.1) is 17.8 Å². The van der Waals surface area contributed by atoms with Crippen LogP contribution in [0.3, 0.4) is 0 Å². The molecule has 0 bridgehead atoms. The smallest absolute Gasteiger partial charge is 0.0319 e. The molecule has 0 amide bonds. The largest absolute Gasteiger partial charge is 0.400 e. The first-order valence-electron chi connectivity index (χ1n) is 4.93. The van der Waals surface area contributed by atoms with Crippen molar-refractivity contribution in [2.24, 2.45) is 0 Å². The van der Waals surface area contributed by atoms with Gasteiger partial charge in [-0.3, -0.25) is 0 Å². The Morgan fingerprint density at radius 3 is 1.19 bits per heavy atom. The lowest BCUT2D eigenvalue weighted by atomic mass is 10.5. The molecule has 0 saturated carbocycles. The fourth-order valence-electron chi connectivity index (χ4n) is 0. The van der Waals surface area contributed by atoms with E-state index in [2.05, 4.69) is 30.3 Å². The molecule has 0 fully saturated rings. The number of hydrogen-bond acceptors (Lipinski definition) is 4. The van der Waals surface area contributed by atoms with Crippen molar-refractivity contribution in [2.75, 3.05) is 27.5 Å². The normalized spacial score (nSPS) is 4.38. The average molecular weight is 252 g/mol. The minimum Gasteiger partial charge on any atom is -0.400 e. The highest BCUT2D eigenvalue weighted by molar-refractivity contribution is 7.79. The zero-order valence-corrected chi connectivity index (χ0v) is 13.4. The number of rotatable bonds is 0. The second kappa shape index (κ2) is 130. The summed E-state index contributed by atoms with van der Waals surface area (Å²) in [6.45, 7) is 9.15. The molecule has 0 saturated heterocycles. The van der Waals surface area contributed by atoms with Crippen LogP contribution in [0.5, 0.6) is 0 Å². The van der Waals surface area contributed by atoms with E-state index in [-0.39, 0.29) is 0 Å². The van der Waals surface area contributed by atoms with Crippen molar-refractivity contribution in [3.8, 4) is 12.3 Å². The molecule has 0 atom stereocenters. The molecular weight excluding hydrogens is 220 g/mol.